The molecule has 1 nitrogen and oxygen atoms in total. The summed E-state index contributed by atoms with van der Waals surface area (Å²) in [5.41, 5.74) is 0. The molecular formula is C10H19O. The van der Waals surface area contributed by atoms with Crippen molar-refractivity contribution in [2.75, 3.05) is 6.61 Å². The molecule has 65 valence electrons. The van der Waals surface area contributed by atoms with E-state index in [0.717, 1.165) is 13.0 Å². The second-order valence-corrected chi connectivity index (χ2v) is 3.34. The molecule has 1 heteroatoms. The van der Waals surface area contributed by atoms with Crippen molar-refractivity contribution in [3.05, 3.63) is 6.92 Å². The van der Waals surface area contributed by atoms with Gasteiger partial charge in [0.05, 0.1) is 6.10 Å². The smallest absolute Gasteiger partial charge is 0.0575 e. The van der Waals surface area contributed by atoms with Crippen LogP contribution in [0.25, 0.3) is 0 Å². The topological polar surface area (TPSA) is 9.23 Å². The van der Waals surface area contributed by atoms with Crippen LogP contribution in [-0.2, 0) is 4.74 Å². The van der Waals surface area contributed by atoms with Crippen molar-refractivity contribution < 1.29 is 4.74 Å². The van der Waals surface area contributed by atoms with Crippen LogP contribution in [0.5, 0.6) is 0 Å². The molecule has 1 rings (SSSR count). The van der Waals surface area contributed by atoms with Crippen molar-refractivity contribution in [1.82, 2.24) is 0 Å². The lowest BCUT2D eigenvalue weighted by molar-refractivity contribution is 0.000677. The Morgan fingerprint density at radius 1 is 1.18 bits per heavy atom. The minimum atomic E-state index is 0.620. The molecule has 0 aliphatic heterocycles. The van der Waals surface area contributed by atoms with Gasteiger partial charge < -0.3 is 4.74 Å². The molecule has 0 atom stereocenters. The molecular weight excluding hydrogens is 136 g/mol. The summed E-state index contributed by atoms with van der Waals surface area (Å²) >= 11 is 0. The average molecular weight is 155 g/mol. The number of hydrogen-bond acceptors (Lipinski definition) is 1. The largest absolute Gasteiger partial charge is 0.378 e. The van der Waals surface area contributed by atoms with E-state index in [1.54, 1.807) is 0 Å². The molecule has 0 aromatic heterocycles. The summed E-state index contributed by atoms with van der Waals surface area (Å²) in [7, 11) is 0. The quantitative estimate of drug-likeness (QED) is 0.536. The fourth-order valence-corrected chi connectivity index (χ4v) is 1.24. The van der Waals surface area contributed by atoms with Gasteiger partial charge in [0.2, 0.25) is 0 Å². The van der Waals surface area contributed by atoms with Gasteiger partial charge in [0, 0.05) is 6.61 Å². The Balaban J connectivity index is 1.73. The van der Waals surface area contributed by atoms with E-state index in [9.17, 15) is 0 Å². The van der Waals surface area contributed by atoms with Gasteiger partial charge >= 0.3 is 0 Å². The van der Waals surface area contributed by atoms with Crippen molar-refractivity contribution in [3.63, 3.8) is 0 Å². The molecule has 0 bridgehead atoms. The Morgan fingerprint density at radius 2 is 2.00 bits per heavy atom. The molecule has 0 heterocycles. The first-order valence-electron chi connectivity index (χ1n) is 4.84. The zero-order chi connectivity index (χ0) is 7.94. The lowest BCUT2D eigenvalue weighted by Gasteiger charge is -2.25. The van der Waals surface area contributed by atoms with Gasteiger partial charge in [-0.25, -0.2) is 0 Å². The molecule has 0 saturated heterocycles. The average Bonchev–Trinajstić information content (AvgIpc) is 1.93. The molecule has 1 aliphatic rings. The van der Waals surface area contributed by atoms with Crippen molar-refractivity contribution in [1.29, 1.82) is 0 Å². The fourth-order valence-electron chi connectivity index (χ4n) is 1.24. The number of rotatable bonds is 6. The molecule has 11 heavy (non-hydrogen) atoms. The molecule has 0 amide bonds. The Labute approximate surface area is 70.1 Å². The summed E-state index contributed by atoms with van der Waals surface area (Å²) in [6.45, 7) is 4.78. The van der Waals surface area contributed by atoms with Crippen molar-refractivity contribution in [2.24, 2.45) is 0 Å². The van der Waals surface area contributed by atoms with E-state index < -0.39 is 0 Å². The van der Waals surface area contributed by atoms with Gasteiger partial charge in [-0.15, -0.1) is 0 Å². The summed E-state index contributed by atoms with van der Waals surface area (Å²) in [4.78, 5) is 0. The summed E-state index contributed by atoms with van der Waals surface area (Å²) in [6.07, 6.45) is 9.45. The van der Waals surface area contributed by atoms with Gasteiger partial charge in [-0.05, 0) is 25.7 Å². The SMILES string of the molecule is [CH2]CCCCCOC1CCC1. The lowest BCUT2D eigenvalue weighted by Crippen LogP contribution is -2.21. The lowest BCUT2D eigenvalue weighted by atomic mass is 9.96. The molecule has 0 aromatic carbocycles. The fraction of sp³-hybridized carbons (Fsp3) is 0.900. The molecule has 0 aromatic rings. The van der Waals surface area contributed by atoms with Crippen molar-refractivity contribution >= 4 is 0 Å². The monoisotopic (exact) mass is 155 g/mol. The summed E-state index contributed by atoms with van der Waals surface area (Å²) in [5, 5.41) is 0. The van der Waals surface area contributed by atoms with E-state index in [1.807, 2.05) is 0 Å². The van der Waals surface area contributed by atoms with Crippen LogP contribution in [-0.4, -0.2) is 12.7 Å². The zero-order valence-corrected chi connectivity index (χ0v) is 7.35. The van der Waals surface area contributed by atoms with Gasteiger partial charge in [-0.3, -0.25) is 0 Å². The maximum Gasteiger partial charge on any atom is 0.0575 e. The van der Waals surface area contributed by atoms with Gasteiger partial charge in [-0.1, -0.05) is 26.2 Å². The van der Waals surface area contributed by atoms with E-state index >= 15 is 0 Å². The van der Waals surface area contributed by atoms with Crippen LogP contribution >= 0.6 is 0 Å². The molecule has 0 N–H and O–H groups in total. The third-order valence-corrected chi connectivity index (χ3v) is 2.30. The first-order valence-corrected chi connectivity index (χ1v) is 4.84. The van der Waals surface area contributed by atoms with Crippen molar-refractivity contribution in [3.8, 4) is 0 Å². The highest BCUT2D eigenvalue weighted by atomic mass is 16.5. The first kappa shape index (κ1) is 9.05. The van der Waals surface area contributed by atoms with Crippen LogP contribution in [0, 0.1) is 6.92 Å². The highest BCUT2D eigenvalue weighted by Gasteiger charge is 2.16. The van der Waals surface area contributed by atoms with Gasteiger partial charge in [0.25, 0.3) is 0 Å². The van der Waals surface area contributed by atoms with Crippen molar-refractivity contribution in [2.45, 2.75) is 51.0 Å². The van der Waals surface area contributed by atoms with E-state index in [0.29, 0.717) is 6.10 Å². The summed E-state index contributed by atoms with van der Waals surface area (Å²) in [5.74, 6) is 0. The number of hydrogen-bond donors (Lipinski definition) is 0. The standard InChI is InChI=1S/C10H19O/c1-2-3-4-5-9-11-10-7-6-8-10/h10H,1-9H2. The summed E-state index contributed by atoms with van der Waals surface area (Å²) < 4.78 is 5.60. The molecule has 1 radical (unpaired) electrons. The molecule has 0 unspecified atom stereocenters. The third-order valence-electron chi connectivity index (χ3n) is 2.30. The van der Waals surface area contributed by atoms with E-state index in [-0.39, 0.29) is 0 Å². The zero-order valence-electron chi connectivity index (χ0n) is 7.35. The van der Waals surface area contributed by atoms with Crippen LogP contribution in [0.2, 0.25) is 0 Å². The Hall–Kier alpha value is -0.0400. The van der Waals surface area contributed by atoms with Crippen LogP contribution < -0.4 is 0 Å². The van der Waals surface area contributed by atoms with Crippen LogP contribution in [0.15, 0.2) is 0 Å². The number of unbranched alkanes of at least 4 members (excludes halogenated alkanes) is 3. The Kier molecular flexibility index (Phi) is 4.60. The van der Waals surface area contributed by atoms with Gasteiger partial charge in [0.1, 0.15) is 0 Å². The first-order chi connectivity index (χ1) is 5.43. The molecule has 1 fully saturated rings. The van der Waals surface area contributed by atoms with E-state index in [1.165, 1.54) is 38.5 Å². The Morgan fingerprint density at radius 3 is 2.55 bits per heavy atom. The highest BCUT2D eigenvalue weighted by Crippen LogP contribution is 2.21. The molecule has 0 spiro atoms. The summed E-state index contributed by atoms with van der Waals surface area (Å²) in [6, 6.07) is 0. The van der Waals surface area contributed by atoms with Crippen LogP contribution in [0.4, 0.5) is 0 Å². The second kappa shape index (κ2) is 5.59. The second-order valence-electron chi connectivity index (χ2n) is 3.34. The predicted molar refractivity (Wildman–Crippen MR) is 47.4 cm³/mol. The maximum atomic E-state index is 5.60. The Bertz CT molecular complexity index is 86.9. The minimum Gasteiger partial charge on any atom is -0.378 e. The predicted octanol–water partition coefficient (Wildman–Crippen LogP) is 2.95. The normalized spacial score (nSPS) is 18.3. The van der Waals surface area contributed by atoms with E-state index in [2.05, 4.69) is 6.92 Å². The highest BCUT2D eigenvalue weighted by molar-refractivity contribution is 4.68. The molecule has 1 aliphatic carbocycles. The minimum absolute atomic E-state index is 0.620. The van der Waals surface area contributed by atoms with E-state index in [4.69, 9.17) is 4.74 Å². The van der Waals surface area contributed by atoms with Gasteiger partial charge in [-0.2, -0.15) is 0 Å². The van der Waals surface area contributed by atoms with Gasteiger partial charge in [0.15, 0.2) is 0 Å². The van der Waals surface area contributed by atoms with Crippen LogP contribution in [0.1, 0.15) is 44.9 Å². The third kappa shape index (κ3) is 3.76. The molecule has 1 saturated carbocycles. The number of ether oxygens (including phenoxy) is 1. The van der Waals surface area contributed by atoms with Crippen LogP contribution in [0.3, 0.4) is 0 Å². The maximum absolute atomic E-state index is 5.60.